The molecule has 2 nitrogen and oxygen atoms in total. The van der Waals surface area contributed by atoms with Crippen molar-refractivity contribution in [2.24, 2.45) is 0 Å². The van der Waals surface area contributed by atoms with Crippen molar-refractivity contribution in [3.63, 3.8) is 0 Å². The van der Waals surface area contributed by atoms with E-state index >= 15 is 0 Å². The van der Waals surface area contributed by atoms with E-state index in [4.69, 9.17) is 5.26 Å². The molecule has 0 aliphatic rings. The highest BCUT2D eigenvalue weighted by Gasteiger charge is 2.03. The van der Waals surface area contributed by atoms with Gasteiger partial charge in [0.15, 0.2) is 0 Å². The summed E-state index contributed by atoms with van der Waals surface area (Å²) in [6.45, 7) is 4.78. The summed E-state index contributed by atoms with van der Waals surface area (Å²) in [5, 5.41) is 8.29. The normalized spacial score (nSPS) is 13.2. The van der Waals surface area contributed by atoms with Crippen LogP contribution in [0.15, 0.2) is 0 Å². The maximum atomic E-state index is 8.29. The molecule has 1 atom stereocenters. The van der Waals surface area contributed by atoms with E-state index in [0.29, 0.717) is 12.6 Å². The maximum Gasteiger partial charge on any atom is 0.0865 e. The Morgan fingerprint density at radius 3 is 2.56 bits per heavy atom. The smallest absolute Gasteiger partial charge is 0.0865 e. The zero-order valence-electron chi connectivity index (χ0n) is 6.39. The summed E-state index contributed by atoms with van der Waals surface area (Å²) in [5.41, 5.74) is 0. The minimum Gasteiger partial charge on any atom is -0.291 e. The number of nitrogens with zero attached hydrogens (tertiary/aromatic N) is 2. The number of hydrogen-bond donors (Lipinski definition) is 0. The third-order valence-corrected chi connectivity index (χ3v) is 1.66. The number of hydrogen-bond acceptors (Lipinski definition) is 2. The monoisotopic (exact) mass is 126 g/mol. The first kappa shape index (κ1) is 8.45. The number of rotatable bonds is 3. The Balaban J connectivity index is 3.48. The van der Waals surface area contributed by atoms with Crippen molar-refractivity contribution >= 4 is 0 Å². The molecule has 0 aromatic heterocycles. The fourth-order valence-electron chi connectivity index (χ4n) is 0.579. The zero-order chi connectivity index (χ0) is 7.28. The van der Waals surface area contributed by atoms with Gasteiger partial charge >= 0.3 is 0 Å². The highest BCUT2D eigenvalue weighted by Crippen LogP contribution is 1.97. The summed E-state index contributed by atoms with van der Waals surface area (Å²) in [6.07, 6.45) is 1.11. The van der Waals surface area contributed by atoms with Crippen molar-refractivity contribution in [3.05, 3.63) is 0 Å². The fraction of sp³-hybridized carbons (Fsp3) is 0.857. The first-order chi connectivity index (χ1) is 4.22. The van der Waals surface area contributed by atoms with Gasteiger partial charge in [0.05, 0.1) is 12.6 Å². The molecule has 2 heteroatoms. The van der Waals surface area contributed by atoms with E-state index in [-0.39, 0.29) is 0 Å². The Kier molecular flexibility index (Phi) is 4.08. The molecule has 0 saturated heterocycles. The molecule has 0 aliphatic heterocycles. The lowest BCUT2D eigenvalue weighted by molar-refractivity contribution is 0.281. The van der Waals surface area contributed by atoms with Gasteiger partial charge in [-0.2, -0.15) is 5.26 Å². The van der Waals surface area contributed by atoms with Gasteiger partial charge in [-0.3, -0.25) is 4.90 Å². The maximum absolute atomic E-state index is 8.29. The first-order valence-electron chi connectivity index (χ1n) is 3.29. The van der Waals surface area contributed by atoms with Crippen LogP contribution < -0.4 is 0 Å². The summed E-state index contributed by atoms with van der Waals surface area (Å²) >= 11 is 0. The zero-order valence-corrected chi connectivity index (χ0v) is 6.39. The summed E-state index contributed by atoms with van der Waals surface area (Å²) in [5.74, 6) is 0. The molecule has 0 N–H and O–H groups in total. The van der Waals surface area contributed by atoms with Crippen molar-refractivity contribution < 1.29 is 0 Å². The number of nitriles is 1. The van der Waals surface area contributed by atoms with Crippen LogP contribution in [0.2, 0.25) is 0 Å². The van der Waals surface area contributed by atoms with Gasteiger partial charge in [-0.25, -0.2) is 0 Å². The minimum absolute atomic E-state index is 0.532. The predicted molar refractivity (Wildman–Crippen MR) is 38.0 cm³/mol. The van der Waals surface area contributed by atoms with E-state index in [9.17, 15) is 0 Å². The molecule has 0 aromatic carbocycles. The van der Waals surface area contributed by atoms with Gasteiger partial charge in [0.25, 0.3) is 0 Å². The van der Waals surface area contributed by atoms with Crippen molar-refractivity contribution in [2.75, 3.05) is 13.6 Å². The van der Waals surface area contributed by atoms with Crippen LogP contribution >= 0.6 is 0 Å². The van der Waals surface area contributed by atoms with Gasteiger partial charge in [0.2, 0.25) is 0 Å². The molecule has 0 radical (unpaired) electrons. The summed E-state index contributed by atoms with van der Waals surface area (Å²) in [4.78, 5) is 2.04. The van der Waals surface area contributed by atoms with Crippen LogP contribution in [0.5, 0.6) is 0 Å². The lowest BCUT2D eigenvalue weighted by Crippen LogP contribution is -2.28. The molecule has 0 fully saturated rings. The van der Waals surface area contributed by atoms with E-state index in [1.807, 2.05) is 11.9 Å². The second kappa shape index (κ2) is 4.34. The van der Waals surface area contributed by atoms with Crippen LogP contribution in [0.1, 0.15) is 20.3 Å². The molecule has 0 aliphatic carbocycles. The predicted octanol–water partition coefficient (Wildman–Crippen LogP) is 1.24. The van der Waals surface area contributed by atoms with Crippen molar-refractivity contribution in [2.45, 2.75) is 26.3 Å². The SMILES string of the molecule is CC[C@H](C)N(C)CC#N. The van der Waals surface area contributed by atoms with E-state index in [1.54, 1.807) is 0 Å². The third-order valence-electron chi connectivity index (χ3n) is 1.66. The summed E-state index contributed by atoms with van der Waals surface area (Å²) in [7, 11) is 1.97. The lowest BCUT2D eigenvalue weighted by Gasteiger charge is -2.19. The average molecular weight is 126 g/mol. The highest BCUT2D eigenvalue weighted by atomic mass is 15.1. The molecule has 0 spiro atoms. The first-order valence-corrected chi connectivity index (χ1v) is 3.29. The average Bonchev–Trinajstić information content (AvgIpc) is 1.87. The Morgan fingerprint density at radius 1 is 1.67 bits per heavy atom. The minimum atomic E-state index is 0.532. The Bertz CT molecular complexity index is 104. The topological polar surface area (TPSA) is 27.0 Å². The second-order valence-electron chi connectivity index (χ2n) is 2.33. The van der Waals surface area contributed by atoms with Gasteiger partial charge in [-0.15, -0.1) is 0 Å². The molecule has 0 bridgehead atoms. The van der Waals surface area contributed by atoms with Crippen LogP contribution in [-0.4, -0.2) is 24.5 Å². The summed E-state index contributed by atoms with van der Waals surface area (Å²) in [6, 6.07) is 2.64. The third kappa shape index (κ3) is 3.10. The van der Waals surface area contributed by atoms with Crippen molar-refractivity contribution in [1.82, 2.24) is 4.90 Å². The van der Waals surface area contributed by atoms with E-state index in [0.717, 1.165) is 6.42 Å². The Morgan fingerprint density at radius 2 is 2.22 bits per heavy atom. The van der Waals surface area contributed by atoms with Crippen LogP contribution in [-0.2, 0) is 0 Å². The molecule has 0 aromatic rings. The van der Waals surface area contributed by atoms with Crippen LogP contribution in [0.4, 0.5) is 0 Å². The van der Waals surface area contributed by atoms with Gasteiger partial charge in [0, 0.05) is 6.04 Å². The summed E-state index contributed by atoms with van der Waals surface area (Å²) < 4.78 is 0. The molecule has 9 heavy (non-hydrogen) atoms. The molecular formula is C7H14N2. The molecule has 0 amide bonds. The van der Waals surface area contributed by atoms with Crippen LogP contribution in [0.3, 0.4) is 0 Å². The van der Waals surface area contributed by atoms with E-state index in [2.05, 4.69) is 19.9 Å². The lowest BCUT2D eigenvalue weighted by atomic mass is 10.2. The molecule has 0 heterocycles. The fourth-order valence-corrected chi connectivity index (χ4v) is 0.579. The standard InChI is InChI=1S/C7H14N2/c1-4-7(2)9(3)6-5-8/h7H,4,6H2,1-3H3/t7-/m0/s1. The highest BCUT2D eigenvalue weighted by molar-refractivity contribution is 4.76. The van der Waals surface area contributed by atoms with Gasteiger partial charge in [-0.05, 0) is 20.4 Å². The van der Waals surface area contributed by atoms with Crippen molar-refractivity contribution in [3.8, 4) is 6.07 Å². The Labute approximate surface area is 57.1 Å². The molecule has 0 saturated carbocycles. The molecule has 0 rings (SSSR count). The second-order valence-corrected chi connectivity index (χ2v) is 2.33. The Hall–Kier alpha value is -0.550. The van der Waals surface area contributed by atoms with Gasteiger partial charge in [0.1, 0.15) is 0 Å². The van der Waals surface area contributed by atoms with Crippen LogP contribution in [0.25, 0.3) is 0 Å². The molecule has 52 valence electrons. The largest absolute Gasteiger partial charge is 0.291 e. The van der Waals surface area contributed by atoms with Crippen molar-refractivity contribution in [1.29, 1.82) is 5.26 Å². The van der Waals surface area contributed by atoms with Gasteiger partial charge in [-0.1, -0.05) is 6.92 Å². The quantitative estimate of drug-likeness (QED) is 0.532. The molecular weight excluding hydrogens is 112 g/mol. The van der Waals surface area contributed by atoms with E-state index in [1.165, 1.54) is 0 Å². The van der Waals surface area contributed by atoms with Crippen LogP contribution in [0, 0.1) is 11.3 Å². The van der Waals surface area contributed by atoms with E-state index < -0.39 is 0 Å². The van der Waals surface area contributed by atoms with Gasteiger partial charge < -0.3 is 0 Å². The molecule has 0 unspecified atom stereocenters.